The first kappa shape index (κ1) is 26.7. The van der Waals surface area contributed by atoms with Gasteiger partial charge in [0.15, 0.2) is 11.6 Å². The number of methoxy groups -OCH3 is 2. The molecule has 43 heavy (non-hydrogen) atoms. The molecule has 0 unspecified atom stereocenters. The molecule has 1 amide bonds. The molecule has 0 radical (unpaired) electrons. The lowest BCUT2D eigenvalue weighted by Crippen LogP contribution is -2.51. The summed E-state index contributed by atoms with van der Waals surface area (Å²) < 4.78 is 10.9. The molecule has 0 saturated carbocycles. The van der Waals surface area contributed by atoms with Crippen LogP contribution >= 0.6 is 0 Å². The maximum Gasteiger partial charge on any atom is 0.238 e. The molecule has 1 saturated heterocycles. The topological polar surface area (TPSA) is 84.9 Å². The Bertz CT molecular complexity index is 1840. The van der Waals surface area contributed by atoms with Crippen LogP contribution in [0.1, 0.15) is 38.8 Å². The summed E-state index contributed by atoms with van der Waals surface area (Å²) in [5.74, 6) is -0.878. The first-order valence-electron chi connectivity index (χ1n) is 14.2. The maximum absolute atomic E-state index is 15.0. The number of rotatable bonds is 6. The number of benzene rings is 4. The van der Waals surface area contributed by atoms with E-state index in [2.05, 4.69) is 11.4 Å². The molecular weight excluding hydrogens is 540 g/mol. The Balaban J connectivity index is 1.55. The molecule has 0 aliphatic carbocycles. The van der Waals surface area contributed by atoms with E-state index in [9.17, 15) is 14.4 Å². The Morgan fingerprint density at radius 1 is 0.791 bits per heavy atom. The highest BCUT2D eigenvalue weighted by Gasteiger charge is 2.70. The molecule has 0 bridgehead atoms. The van der Waals surface area contributed by atoms with Gasteiger partial charge in [-0.3, -0.25) is 14.4 Å². The van der Waals surface area contributed by atoms with Gasteiger partial charge in [0.25, 0.3) is 0 Å². The summed E-state index contributed by atoms with van der Waals surface area (Å²) in [6.45, 7) is 2.01. The number of carbonyl (C=O) groups excluding carboxylic acids is 3. The van der Waals surface area contributed by atoms with Gasteiger partial charge in [0.2, 0.25) is 5.91 Å². The standard InChI is InChI=1S/C36H30N2O5/c1-21-18-30-36(27-15-5-6-16-28(27)37-35(36)41)31(33(39)22-10-8-12-24(19-22)42-2)32(38(30)29-17-7-4-14-26(21)29)34(40)23-11-9-13-25(20-23)43-3/h4-20,30-32H,1-3H3,(H,37,41)/t30-,31+,32+,36-/m1/s1. The van der Waals surface area contributed by atoms with Gasteiger partial charge in [-0.25, -0.2) is 0 Å². The zero-order chi connectivity index (χ0) is 29.9. The van der Waals surface area contributed by atoms with Gasteiger partial charge in [0.1, 0.15) is 23.0 Å². The van der Waals surface area contributed by atoms with Crippen molar-refractivity contribution in [3.8, 4) is 11.5 Å². The van der Waals surface area contributed by atoms with Crippen molar-refractivity contribution in [3.63, 3.8) is 0 Å². The zero-order valence-electron chi connectivity index (χ0n) is 24.0. The molecule has 0 aromatic heterocycles. The third-order valence-corrected chi connectivity index (χ3v) is 9.14. The highest BCUT2D eigenvalue weighted by atomic mass is 16.5. The molecule has 4 aromatic carbocycles. The first-order valence-corrected chi connectivity index (χ1v) is 14.2. The van der Waals surface area contributed by atoms with Crippen LogP contribution in [0.25, 0.3) is 5.57 Å². The van der Waals surface area contributed by atoms with Crippen LogP contribution in [0.4, 0.5) is 11.4 Å². The van der Waals surface area contributed by atoms with Crippen LogP contribution in [-0.4, -0.2) is 43.8 Å². The van der Waals surface area contributed by atoms with E-state index >= 15 is 0 Å². The third kappa shape index (κ3) is 3.77. The van der Waals surface area contributed by atoms with E-state index in [4.69, 9.17) is 9.47 Å². The van der Waals surface area contributed by atoms with E-state index in [0.717, 1.165) is 16.8 Å². The third-order valence-electron chi connectivity index (χ3n) is 9.14. The number of ether oxygens (including phenoxy) is 2. The van der Waals surface area contributed by atoms with Gasteiger partial charge >= 0.3 is 0 Å². The number of allylic oxidation sites excluding steroid dienone is 1. The van der Waals surface area contributed by atoms with Crippen LogP contribution in [0.15, 0.2) is 103 Å². The first-order chi connectivity index (χ1) is 20.9. The second-order valence-corrected chi connectivity index (χ2v) is 11.2. The van der Waals surface area contributed by atoms with E-state index < -0.39 is 23.4 Å². The predicted octanol–water partition coefficient (Wildman–Crippen LogP) is 5.95. The number of nitrogens with zero attached hydrogens (tertiary/aromatic N) is 1. The monoisotopic (exact) mass is 570 g/mol. The highest BCUT2D eigenvalue weighted by molar-refractivity contribution is 6.18. The van der Waals surface area contributed by atoms with Crippen LogP contribution in [0.3, 0.4) is 0 Å². The number of anilines is 2. The summed E-state index contributed by atoms with van der Waals surface area (Å²) >= 11 is 0. The summed E-state index contributed by atoms with van der Waals surface area (Å²) in [6, 6.07) is 27.6. The number of hydrogen-bond acceptors (Lipinski definition) is 6. The largest absolute Gasteiger partial charge is 0.497 e. The maximum atomic E-state index is 15.0. The van der Waals surface area contributed by atoms with Crippen molar-refractivity contribution in [2.24, 2.45) is 5.92 Å². The Kier molecular flexibility index (Phi) is 6.20. The summed E-state index contributed by atoms with van der Waals surface area (Å²) in [5.41, 5.74) is 3.50. The van der Waals surface area contributed by atoms with Crippen LogP contribution in [0, 0.1) is 5.92 Å². The number of fused-ring (bicyclic) bond motifs is 6. The predicted molar refractivity (Wildman–Crippen MR) is 165 cm³/mol. The minimum atomic E-state index is -1.38. The van der Waals surface area contributed by atoms with E-state index in [1.54, 1.807) is 62.8 Å². The Morgan fingerprint density at radius 2 is 1.42 bits per heavy atom. The molecule has 3 heterocycles. The zero-order valence-corrected chi connectivity index (χ0v) is 24.0. The number of amides is 1. The van der Waals surface area contributed by atoms with E-state index in [1.807, 2.05) is 60.4 Å². The SMILES string of the molecule is COc1cccc(C(=O)[C@@H]2[C@@H](C(=O)c3cccc(OC)c3)[C@]3(C(=O)Nc4ccccc43)[C@H]3C=C(C)c4ccccc4N23)c1. The molecule has 7 heteroatoms. The molecule has 7 nitrogen and oxygen atoms in total. The van der Waals surface area contributed by atoms with Crippen LogP contribution in [0.2, 0.25) is 0 Å². The number of ketones is 2. The van der Waals surface area contributed by atoms with Crippen LogP contribution in [-0.2, 0) is 10.2 Å². The number of hydrogen-bond donors (Lipinski definition) is 1. The van der Waals surface area contributed by atoms with Gasteiger partial charge in [-0.2, -0.15) is 0 Å². The fourth-order valence-corrected chi connectivity index (χ4v) is 7.29. The lowest BCUT2D eigenvalue weighted by Gasteiger charge is -2.39. The number of para-hydroxylation sites is 2. The van der Waals surface area contributed by atoms with E-state index in [1.165, 1.54) is 0 Å². The summed E-state index contributed by atoms with van der Waals surface area (Å²) in [7, 11) is 3.09. The normalized spacial score (nSPS) is 23.1. The van der Waals surface area contributed by atoms with Crippen molar-refractivity contribution in [1.82, 2.24) is 0 Å². The quantitative estimate of drug-likeness (QED) is 0.289. The van der Waals surface area contributed by atoms with E-state index in [0.29, 0.717) is 33.9 Å². The Morgan fingerprint density at radius 3 is 2.12 bits per heavy atom. The molecule has 214 valence electrons. The Hall–Kier alpha value is -5.17. The lowest BCUT2D eigenvalue weighted by molar-refractivity contribution is -0.121. The number of Topliss-reactive ketones (excluding diaryl/α,β-unsaturated/α-hetero) is 2. The van der Waals surface area contributed by atoms with Gasteiger partial charge in [-0.05, 0) is 54.5 Å². The van der Waals surface area contributed by atoms with Crippen molar-refractivity contribution in [2.75, 3.05) is 24.4 Å². The molecule has 1 spiro atoms. The fourth-order valence-electron chi connectivity index (χ4n) is 7.29. The summed E-state index contributed by atoms with van der Waals surface area (Å²) in [6.07, 6.45) is 2.05. The second-order valence-electron chi connectivity index (χ2n) is 11.2. The molecule has 1 fully saturated rings. The fraction of sp³-hybridized carbons (Fsp3) is 0.194. The minimum Gasteiger partial charge on any atom is -0.497 e. The van der Waals surface area contributed by atoms with Gasteiger partial charge in [0.05, 0.1) is 26.2 Å². The number of carbonyl (C=O) groups is 3. The van der Waals surface area contributed by atoms with Crippen molar-refractivity contribution in [1.29, 1.82) is 0 Å². The van der Waals surface area contributed by atoms with E-state index in [-0.39, 0.29) is 17.5 Å². The smallest absolute Gasteiger partial charge is 0.238 e. The molecule has 4 atom stereocenters. The van der Waals surface area contributed by atoms with Crippen molar-refractivity contribution in [2.45, 2.75) is 24.4 Å². The molecule has 4 aromatic rings. The van der Waals surface area contributed by atoms with Gasteiger partial charge in [-0.1, -0.05) is 66.7 Å². The van der Waals surface area contributed by atoms with Gasteiger partial charge < -0.3 is 19.7 Å². The van der Waals surface area contributed by atoms with Crippen molar-refractivity contribution in [3.05, 3.63) is 125 Å². The molecule has 7 rings (SSSR count). The Labute approximate surface area is 249 Å². The summed E-state index contributed by atoms with van der Waals surface area (Å²) in [4.78, 5) is 46.4. The highest BCUT2D eigenvalue weighted by Crippen LogP contribution is 2.58. The van der Waals surface area contributed by atoms with Gasteiger partial charge in [0, 0.05) is 28.1 Å². The minimum absolute atomic E-state index is 0.262. The lowest BCUT2D eigenvalue weighted by atomic mass is 9.64. The average molecular weight is 571 g/mol. The molecule has 3 aliphatic rings. The van der Waals surface area contributed by atoms with Crippen molar-refractivity contribution < 1.29 is 23.9 Å². The van der Waals surface area contributed by atoms with Crippen LogP contribution in [0.5, 0.6) is 11.5 Å². The average Bonchev–Trinajstić information content (AvgIpc) is 3.52. The van der Waals surface area contributed by atoms with Crippen molar-refractivity contribution >= 4 is 34.4 Å². The summed E-state index contributed by atoms with van der Waals surface area (Å²) in [5, 5.41) is 3.08. The number of nitrogens with one attached hydrogen (secondary N) is 1. The molecule has 1 N–H and O–H groups in total. The van der Waals surface area contributed by atoms with Crippen LogP contribution < -0.4 is 19.7 Å². The molecular formula is C36H30N2O5. The second kappa shape index (κ2) is 9.98. The van der Waals surface area contributed by atoms with Gasteiger partial charge in [-0.15, -0.1) is 0 Å². The molecule has 3 aliphatic heterocycles.